The van der Waals surface area contributed by atoms with E-state index in [0.717, 1.165) is 21.7 Å². The number of nitrogens with one attached hydrogen (secondary N) is 1. The molecule has 0 fully saturated rings. The van der Waals surface area contributed by atoms with Gasteiger partial charge in [-0.05, 0) is 41.1 Å². The first-order chi connectivity index (χ1) is 8.16. The second kappa shape index (κ2) is 5.47. The van der Waals surface area contributed by atoms with Gasteiger partial charge >= 0.3 is 0 Å². The zero-order valence-corrected chi connectivity index (χ0v) is 11.6. The lowest BCUT2D eigenvalue weighted by atomic mass is 10.3. The van der Waals surface area contributed by atoms with Gasteiger partial charge < -0.3 is 5.32 Å². The lowest BCUT2D eigenvalue weighted by molar-refractivity contribution is 0.955. The molecule has 2 aromatic rings. The smallest absolute Gasteiger partial charge is 0.125 e. The summed E-state index contributed by atoms with van der Waals surface area (Å²) in [6.07, 6.45) is 1.76. The molecule has 1 aromatic heterocycles. The number of rotatable bonds is 3. The Bertz CT molecular complexity index is 531. The van der Waals surface area contributed by atoms with Crippen molar-refractivity contribution in [1.82, 2.24) is 9.97 Å². The number of aryl methyl sites for hydroxylation is 1. The summed E-state index contributed by atoms with van der Waals surface area (Å²) in [7, 11) is 0. The van der Waals surface area contributed by atoms with Crippen molar-refractivity contribution in [2.24, 2.45) is 0 Å². The maximum absolute atomic E-state index is 6.01. The lowest BCUT2D eigenvalue weighted by Crippen LogP contribution is -2.03. The minimum Gasteiger partial charge on any atom is -0.378 e. The highest BCUT2D eigenvalue weighted by molar-refractivity contribution is 9.10. The second-order valence-electron chi connectivity index (χ2n) is 3.55. The monoisotopic (exact) mass is 311 g/mol. The highest BCUT2D eigenvalue weighted by Crippen LogP contribution is 2.30. The van der Waals surface area contributed by atoms with Crippen molar-refractivity contribution < 1.29 is 0 Å². The summed E-state index contributed by atoms with van der Waals surface area (Å²) >= 11 is 9.45. The molecule has 0 bridgehead atoms. The number of aromatic nitrogens is 2. The van der Waals surface area contributed by atoms with Gasteiger partial charge in [0.25, 0.3) is 0 Å². The minimum atomic E-state index is 0.641. The summed E-state index contributed by atoms with van der Waals surface area (Å²) in [6.45, 7) is 2.51. The molecule has 0 aliphatic carbocycles. The van der Waals surface area contributed by atoms with Crippen LogP contribution >= 0.6 is 27.5 Å². The molecule has 0 saturated carbocycles. The van der Waals surface area contributed by atoms with Crippen molar-refractivity contribution in [2.75, 3.05) is 5.32 Å². The normalized spacial score (nSPS) is 10.3. The molecule has 0 saturated heterocycles. The molecule has 0 atom stereocenters. The molecular formula is C12H11BrClN3. The van der Waals surface area contributed by atoms with E-state index in [-0.39, 0.29) is 0 Å². The van der Waals surface area contributed by atoms with E-state index in [1.54, 1.807) is 6.20 Å². The van der Waals surface area contributed by atoms with Crippen LogP contribution in [0, 0.1) is 6.92 Å². The molecule has 0 amide bonds. The zero-order valence-electron chi connectivity index (χ0n) is 9.24. The van der Waals surface area contributed by atoms with Gasteiger partial charge in [0.05, 0.1) is 27.4 Å². The summed E-state index contributed by atoms with van der Waals surface area (Å²) in [4.78, 5) is 8.38. The van der Waals surface area contributed by atoms with Crippen molar-refractivity contribution in [3.05, 3.63) is 51.5 Å². The molecule has 88 valence electrons. The quantitative estimate of drug-likeness (QED) is 0.936. The fraction of sp³-hybridized carbons (Fsp3) is 0.167. The third-order valence-corrected chi connectivity index (χ3v) is 3.64. The fourth-order valence-corrected chi connectivity index (χ4v) is 2.01. The first kappa shape index (κ1) is 12.3. The Morgan fingerprint density at radius 3 is 2.94 bits per heavy atom. The molecule has 1 aromatic carbocycles. The van der Waals surface area contributed by atoms with Crippen LogP contribution in [0.25, 0.3) is 0 Å². The predicted molar refractivity (Wildman–Crippen MR) is 73.2 cm³/mol. The van der Waals surface area contributed by atoms with Crippen LogP contribution in [-0.2, 0) is 6.54 Å². The number of anilines is 1. The molecule has 0 spiro atoms. The largest absolute Gasteiger partial charge is 0.378 e. The first-order valence-electron chi connectivity index (χ1n) is 5.13. The molecule has 5 heteroatoms. The molecule has 1 N–H and O–H groups in total. The van der Waals surface area contributed by atoms with E-state index in [2.05, 4.69) is 31.2 Å². The predicted octanol–water partition coefficient (Wildman–Crippen LogP) is 3.81. The number of nitrogens with zero attached hydrogens (tertiary/aromatic N) is 2. The molecule has 0 unspecified atom stereocenters. The van der Waals surface area contributed by atoms with Crippen molar-refractivity contribution in [3.63, 3.8) is 0 Å². The molecule has 0 aliphatic rings. The summed E-state index contributed by atoms with van der Waals surface area (Å²) in [5.41, 5.74) is 1.90. The molecule has 2 rings (SSSR count). The van der Waals surface area contributed by atoms with Gasteiger partial charge in [-0.2, -0.15) is 0 Å². The van der Waals surface area contributed by atoms with Crippen molar-refractivity contribution in [3.8, 4) is 0 Å². The highest BCUT2D eigenvalue weighted by Gasteiger charge is 2.03. The van der Waals surface area contributed by atoms with Gasteiger partial charge in [0.1, 0.15) is 5.82 Å². The zero-order chi connectivity index (χ0) is 12.3. The molecular weight excluding hydrogens is 302 g/mol. The van der Waals surface area contributed by atoms with Gasteiger partial charge in [0.15, 0.2) is 0 Å². The van der Waals surface area contributed by atoms with Gasteiger partial charge in [0.2, 0.25) is 0 Å². The average molecular weight is 313 g/mol. The molecule has 3 nitrogen and oxygen atoms in total. The Kier molecular flexibility index (Phi) is 3.97. The Balaban J connectivity index is 2.10. The topological polar surface area (TPSA) is 37.8 Å². The van der Waals surface area contributed by atoms with E-state index >= 15 is 0 Å². The van der Waals surface area contributed by atoms with E-state index in [1.807, 2.05) is 31.2 Å². The third-order valence-electron chi connectivity index (χ3n) is 2.25. The number of hydrogen-bond donors (Lipinski definition) is 1. The first-order valence-corrected chi connectivity index (χ1v) is 6.30. The summed E-state index contributed by atoms with van der Waals surface area (Å²) in [5.74, 6) is 0.773. The Labute approximate surface area is 113 Å². The van der Waals surface area contributed by atoms with Crippen LogP contribution in [0.4, 0.5) is 5.69 Å². The summed E-state index contributed by atoms with van der Waals surface area (Å²) < 4.78 is 0.868. The Hall–Kier alpha value is -1.13. The molecule has 0 radical (unpaired) electrons. The molecule has 17 heavy (non-hydrogen) atoms. The molecule has 1 heterocycles. The van der Waals surface area contributed by atoms with Crippen LogP contribution in [0.15, 0.2) is 34.9 Å². The van der Waals surface area contributed by atoms with Gasteiger partial charge in [-0.25, -0.2) is 9.97 Å². The van der Waals surface area contributed by atoms with E-state index < -0.39 is 0 Å². The maximum Gasteiger partial charge on any atom is 0.125 e. The number of hydrogen-bond acceptors (Lipinski definition) is 3. The van der Waals surface area contributed by atoms with Gasteiger partial charge in [-0.1, -0.05) is 17.7 Å². The third kappa shape index (κ3) is 3.17. The average Bonchev–Trinajstić information content (AvgIpc) is 2.31. The SMILES string of the molecule is Cc1nccc(CNc2cccc(Cl)c2Br)n1. The standard InChI is InChI=1S/C12H11BrClN3/c1-8-15-6-5-9(17-8)7-16-11-4-2-3-10(14)12(11)13/h2-6,16H,7H2,1H3. The maximum atomic E-state index is 6.01. The lowest BCUT2D eigenvalue weighted by Gasteiger charge is -2.09. The van der Waals surface area contributed by atoms with Crippen LogP contribution in [0.5, 0.6) is 0 Å². The van der Waals surface area contributed by atoms with Crippen molar-refractivity contribution >= 4 is 33.2 Å². The van der Waals surface area contributed by atoms with E-state index in [0.29, 0.717) is 11.6 Å². The van der Waals surface area contributed by atoms with E-state index in [9.17, 15) is 0 Å². The van der Waals surface area contributed by atoms with Crippen LogP contribution in [0.1, 0.15) is 11.5 Å². The van der Waals surface area contributed by atoms with E-state index in [1.165, 1.54) is 0 Å². The van der Waals surface area contributed by atoms with Crippen molar-refractivity contribution in [2.45, 2.75) is 13.5 Å². The second-order valence-corrected chi connectivity index (χ2v) is 4.75. The van der Waals surface area contributed by atoms with Gasteiger partial charge in [0, 0.05) is 6.20 Å². The van der Waals surface area contributed by atoms with Crippen LogP contribution in [0.2, 0.25) is 5.02 Å². The highest BCUT2D eigenvalue weighted by atomic mass is 79.9. The van der Waals surface area contributed by atoms with Crippen molar-refractivity contribution in [1.29, 1.82) is 0 Å². The summed E-state index contributed by atoms with van der Waals surface area (Å²) in [5, 5.41) is 3.96. The van der Waals surface area contributed by atoms with Gasteiger partial charge in [-0.3, -0.25) is 0 Å². The van der Waals surface area contributed by atoms with E-state index in [4.69, 9.17) is 11.6 Å². The fourth-order valence-electron chi connectivity index (χ4n) is 1.43. The van der Waals surface area contributed by atoms with Gasteiger partial charge in [-0.15, -0.1) is 0 Å². The summed E-state index contributed by atoms with van der Waals surface area (Å²) in [6, 6.07) is 7.59. The van der Waals surface area contributed by atoms with Crippen LogP contribution in [0.3, 0.4) is 0 Å². The Morgan fingerprint density at radius 2 is 2.18 bits per heavy atom. The number of benzene rings is 1. The molecule has 0 aliphatic heterocycles. The minimum absolute atomic E-state index is 0.641. The van der Waals surface area contributed by atoms with Crippen LogP contribution in [-0.4, -0.2) is 9.97 Å². The Morgan fingerprint density at radius 1 is 1.35 bits per heavy atom. The van der Waals surface area contributed by atoms with Crippen LogP contribution < -0.4 is 5.32 Å². The number of halogens is 2.